The van der Waals surface area contributed by atoms with Gasteiger partial charge in [-0.05, 0) is 23.9 Å². The smallest absolute Gasteiger partial charge is 0.284 e. The van der Waals surface area contributed by atoms with E-state index in [9.17, 15) is 10.1 Å². The monoisotopic (exact) mass is 360 g/mol. The summed E-state index contributed by atoms with van der Waals surface area (Å²) in [4.78, 5) is 13.0. The molecule has 1 aromatic carbocycles. The molecule has 0 fully saturated rings. The Labute approximate surface area is 126 Å². The highest BCUT2D eigenvalue weighted by atomic mass is 79.9. The fraction of sp³-hybridized carbons (Fsp3) is 0.200. The van der Waals surface area contributed by atoms with Gasteiger partial charge in [0.25, 0.3) is 5.69 Å². The number of hydrogen-bond donors (Lipinski definition) is 0. The average Bonchev–Trinajstić information content (AvgIpc) is 2.80. The van der Waals surface area contributed by atoms with Gasteiger partial charge < -0.3 is 4.90 Å². The first-order valence-corrected chi connectivity index (χ1v) is 7.52. The van der Waals surface area contributed by atoms with Gasteiger partial charge in [-0.3, -0.25) is 10.1 Å². The summed E-state index contributed by atoms with van der Waals surface area (Å²) in [6.45, 7) is 0. The first-order chi connectivity index (χ1) is 8.97. The number of halogens is 1. The summed E-state index contributed by atoms with van der Waals surface area (Å²) in [7, 11) is 3.74. The summed E-state index contributed by atoms with van der Waals surface area (Å²) < 4.78 is 1.35. The summed E-state index contributed by atoms with van der Waals surface area (Å²) >= 11 is 5.87. The Kier molecular flexibility index (Phi) is 4.38. The summed E-state index contributed by atoms with van der Waals surface area (Å²) in [6.07, 6.45) is 0. The van der Waals surface area contributed by atoms with Crippen LogP contribution in [0.25, 0.3) is 0 Å². The Bertz CT molecular complexity index is 617. The molecule has 2 aromatic rings. The van der Waals surface area contributed by atoms with Gasteiger partial charge in [-0.15, -0.1) is 10.2 Å². The molecule has 0 spiro atoms. The minimum atomic E-state index is -0.402. The quantitative estimate of drug-likeness (QED) is 0.614. The molecular weight excluding hydrogens is 352 g/mol. The van der Waals surface area contributed by atoms with E-state index in [1.54, 1.807) is 12.1 Å². The van der Waals surface area contributed by atoms with E-state index >= 15 is 0 Å². The van der Waals surface area contributed by atoms with E-state index in [0.717, 1.165) is 5.13 Å². The van der Waals surface area contributed by atoms with Crippen LogP contribution in [0.5, 0.6) is 0 Å². The topological polar surface area (TPSA) is 72.2 Å². The second-order valence-electron chi connectivity index (χ2n) is 3.72. The third kappa shape index (κ3) is 3.43. The summed E-state index contributed by atoms with van der Waals surface area (Å²) in [5, 5.41) is 19.8. The van der Waals surface area contributed by atoms with Crippen LogP contribution in [0.15, 0.2) is 31.9 Å². The molecule has 100 valence electrons. The van der Waals surface area contributed by atoms with Crippen molar-refractivity contribution in [3.8, 4) is 0 Å². The molecular formula is C10H9BrN4O2S2. The molecule has 1 heterocycles. The van der Waals surface area contributed by atoms with Crippen molar-refractivity contribution in [2.75, 3.05) is 19.0 Å². The van der Waals surface area contributed by atoms with Crippen molar-refractivity contribution in [1.82, 2.24) is 10.2 Å². The standard InChI is InChI=1S/C10H9BrN4O2S2/c1-14(2)9-12-13-10(19-9)18-8-4-3-6(11)5-7(8)15(16)17/h3-5H,1-2H3. The molecule has 19 heavy (non-hydrogen) atoms. The molecule has 0 aliphatic heterocycles. The van der Waals surface area contributed by atoms with E-state index in [1.807, 2.05) is 19.0 Å². The number of aromatic nitrogens is 2. The SMILES string of the molecule is CN(C)c1nnc(Sc2ccc(Br)cc2[N+](=O)[O-])s1. The predicted molar refractivity (Wildman–Crippen MR) is 79.2 cm³/mol. The molecule has 0 radical (unpaired) electrons. The van der Waals surface area contributed by atoms with E-state index in [4.69, 9.17) is 0 Å². The third-order valence-corrected chi connectivity index (χ3v) is 4.79. The number of rotatable bonds is 4. The number of nitro groups is 1. The maximum absolute atomic E-state index is 11.0. The van der Waals surface area contributed by atoms with Gasteiger partial charge in [0.2, 0.25) is 5.13 Å². The number of benzene rings is 1. The lowest BCUT2D eigenvalue weighted by molar-refractivity contribution is -0.387. The van der Waals surface area contributed by atoms with E-state index in [2.05, 4.69) is 26.1 Å². The van der Waals surface area contributed by atoms with Crippen LogP contribution in [0.4, 0.5) is 10.8 Å². The molecule has 0 bridgehead atoms. The van der Waals surface area contributed by atoms with Crippen LogP contribution in [0.1, 0.15) is 0 Å². The van der Waals surface area contributed by atoms with Crippen molar-refractivity contribution in [2.24, 2.45) is 0 Å². The van der Waals surface area contributed by atoms with E-state index in [-0.39, 0.29) is 5.69 Å². The molecule has 0 amide bonds. The lowest BCUT2D eigenvalue weighted by Crippen LogP contribution is -2.07. The molecule has 6 nitrogen and oxygen atoms in total. The van der Waals surface area contributed by atoms with Gasteiger partial charge in [0.05, 0.1) is 9.82 Å². The largest absolute Gasteiger partial charge is 0.353 e. The van der Waals surface area contributed by atoms with Crippen LogP contribution in [-0.2, 0) is 0 Å². The highest BCUT2D eigenvalue weighted by Crippen LogP contribution is 2.38. The van der Waals surface area contributed by atoms with Crippen LogP contribution in [0.2, 0.25) is 0 Å². The second kappa shape index (κ2) is 5.85. The maximum Gasteiger partial charge on any atom is 0.284 e. The Morgan fingerprint density at radius 3 is 2.74 bits per heavy atom. The van der Waals surface area contributed by atoms with Gasteiger partial charge >= 0.3 is 0 Å². The van der Waals surface area contributed by atoms with E-state index in [0.29, 0.717) is 13.7 Å². The van der Waals surface area contributed by atoms with Crippen molar-refractivity contribution in [2.45, 2.75) is 9.24 Å². The molecule has 1 aromatic heterocycles. The molecule has 9 heteroatoms. The van der Waals surface area contributed by atoms with Crippen LogP contribution in [0, 0.1) is 10.1 Å². The van der Waals surface area contributed by atoms with Gasteiger partial charge in [-0.25, -0.2) is 0 Å². The molecule has 0 atom stereocenters. The minimum Gasteiger partial charge on any atom is -0.353 e. The fourth-order valence-corrected chi connectivity index (χ4v) is 3.39. The van der Waals surface area contributed by atoms with Crippen molar-refractivity contribution in [1.29, 1.82) is 0 Å². The van der Waals surface area contributed by atoms with Gasteiger partial charge in [0.1, 0.15) is 0 Å². The van der Waals surface area contributed by atoms with Crippen molar-refractivity contribution in [3.63, 3.8) is 0 Å². The van der Waals surface area contributed by atoms with Crippen LogP contribution in [-0.4, -0.2) is 29.2 Å². The Hall–Kier alpha value is -1.19. The van der Waals surface area contributed by atoms with E-state index < -0.39 is 4.92 Å². The van der Waals surface area contributed by atoms with Crippen LogP contribution in [0.3, 0.4) is 0 Å². The second-order valence-corrected chi connectivity index (χ2v) is 6.88. The predicted octanol–water partition coefficient (Wildman–Crippen LogP) is 3.43. The lowest BCUT2D eigenvalue weighted by atomic mass is 10.3. The zero-order chi connectivity index (χ0) is 14.0. The minimum absolute atomic E-state index is 0.0565. The van der Waals surface area contributed by atoms with Gasteiger partial charge in [0, 0.05) is 24.6 Å². The zero-order valence-corrected chi connectivity index (χ0v) is 13.3. The van der Waals surface area contributed by atoms with Crippen molar-refractivity contribution >= 4 is 49.8 Å². The molecule has 0 aliphatic carbocycles. The normalized spacial score (nSPS) is 10.5. The summed E-state index contributed by atoms with van der Waals surface area (Å²) in [5.74, 6) is 0. The third-order valence-electron chi connectivity index (χ3n) is 2.09. The zero-order valence-electron chi connectivity index (χ0n) is 10.0. The number of nitrogens with zero attached hydrogens (tertiary/aromatic N) is 4. The first-order valence-electron chi connectivity index (χ1n) is 5.10. The number of nitro benzene ring substituents is 1. The maximum atomic E-state index is 11.0. The first kappa shape index (κ1) is 14.2. The molecule has 0 unspecified atom stereocenters. The number of hydrogen-bond acceptors (Lipinski definition) is 7. The van der Waals surface area contributed by atoms with Crippen molar-refractivity contribution in [3.05, 3.63) is 32.8 Å². The van der Waals surface area contributed by atoms with Gasteiger partial charge in [0.15, 0.2) is 4.34 Å². The van der Waals surface area contributed by atoms with Gasteiger partial charge in [-0.1, -0.05) is 27.3 Å². The average molecular weight is 361 g/mol. The summed E-state index contributed by atoms with van der Waals surface area (Å²) in [5.41, 5.74) is 0.0565. The molecule has 0 saturated heterocycles. The highest BCUT2D eigenvalue weighted by molar-refractivity contribution is 9.10. The number of anilines is 1. The lowest BCUT2D eigenvalue weighted by Gasteiger charge is -2.03. The molecule has 0 saturated carbocycles. The Morgan fingerprint density at radius 2 is 2.16 bits per heavy atom. The van der Waals surface area contributed by atoms with E-state index in [1.165, 1.54) is 29.2 Å². The molecule has 0 aliphatic rings. The van der Waals surface area contributed by atoms with Gasteiger partial charge in [-0.2, -0.15) is 0 Å². The Balaban J connectivity index is 2.29. The molecule has 2 rings (SSSR count). The Morgan fingerprint density at radius 1 is 1.42 bits per heavy atom. The van der Waals surface area contributed by atoms with Crippen molar-refractivity contribution < 1.29 is 4.92 Å². The fourth-order valence-electron chi connectivity index (χ4n) is 1.24. The molecule has 0 N–H and O–H groups in total. The summed E-state index contributed by atoms with van der Waals surface area (Å²) in [6, 6.07) is 4.95. The van der Waals surface area contributed by atoms with Crippen LogP contribution >= 0.6 is 39.0 Å². The van der Waals surface area contributed by atoms with Crippen LogP contribution < -0.4 is 4.90 Å². The highest BCUT2D eigenvalue weighted by Gasteiger charge is 2.17.